The van der Waals surface area contributed by atoms with Crippen molar-refractivity contribution in [1.29, 1.82) is 0 Å². The number of carbonyl (C=O) groups excluding carboxylic acids is 2. The molecule has 1 aliphatic heterocycles. The summed E-state index contributed by atoms with van der Waals surface area (Å²) in [5.41, 5.74) is 5.19. The Kier molecular flexibility index (Phi) is 5.43. The number of oxime groups is 1. The predicted molar refractivity (Wildman–Crippen MR) is 85.5 cm³/mol. The van der Waals surface area contributed by atoms with Gasteiger partial charge in [0.25, 0.3) is 11.8 Å². The van der Waals surface area contributed by atoms with Crippen molar-refractivity contribution in [3.05, 3.63) is 11.1 Å². The molecule has 1 aromatic heterocycles. The molecule has 1 aromatic rings. The summed E-state index contributed by atoms with van der Waals surface area (Å²) in [6, 6.07) is -2.36. The molecule has 0 saturated carbocycles. The van der Waals surface area contributed by atoms with Crippen molar-refractivity contribution in [3.8, 4) is 0 Å². The number of carbonyl (C=O) groups is 3. The number of hydrogen-bond acceptors (Lipinski definition) is 10. The highest BCUT2D eigenvalue weighted by molar-refractivity contribution is 7.84. The summed E-state index contributed by atoms with van der Waals surface area (Å²) < 4.78 is 32.9. The fourth-order valence-electron chi connectivity index (χ4n) is 2.10. The zero-order chi connectivity index (χ0) is 19.6. The summed E-state index contributed by atoms with van der Waals surface area (Å²) in [6.45, 7) is 0.436. The van der Waals surface area contributed by atoms with Crippen LogP contribution in [0.3, 0.4) is 0 Å². The van der Waals surface area contributed by atoms with Crippen molar-refractivity contribution < 1.29 is 43.7 Å². The molecule has 2 amide bonds. The van der Waals surface area contributed by atoms with E-state index in [1.54, 1.807) is 0 Å². The molecule has 15 heteroatoms. The Bertz CT molecular complexity index is 885. The van der Waals surface area contributed by atoms with Gasteiger partial charge in [0.05, 0.1) is 6.04 Å². The first kappa shape index (κ1) is 19.5. The largest absolute Gasteiger partial charge is 0.731 e. The van der Waals surface area contributed by atoms with Gasteiger partial charge in [-0.3, -0.25) is 15.3 Å². The minimum atomic E-state index is -4.98. The van der Waals surface area contributed by atoms with Crippen LogP contribution in [-0.2, 0) is 29.5 Å². The Morgan fingerprint density at radius 3 is 2.73 bits per heavy atom. The summed E-state index contributed by atoms with van der Waals surface area (Å²) in [5, 5.41) is 15.8. The zero-order valence-electron chi connectivity index (χ0n) is 13.0. The minimum absolute atomic E-state index is 0. The lowest BCUT2D eigenvalue weighted by Gasteiger charge is -2.45. The number of nitrogens with two attached hydrogens (primary N) is 1. The first-order chi connectivity index (χ1) is 12.0. The van der Waals surface area contributed by atoms with E-state index in [0.717, 1.165) is 11.3 Å². The number of anilines is 1. The topological polar surface area (TPSA) is 206 Å². The summed E-state index contributed by atoms with van der Waals surface area (Å²) >= 11 is 1.03. The SMILES string of the molecule is C[C@H]1[C@H](NC(=O)/C(=N\OCC(=O)O)c2csc(N)[nH+]2)C(=O)N1S(=O)(=O)[O-].[HH]. The average Bonchev–Trinajstić information content (AvgIpc) is 2.93. The molecular weight excluding hydrogens is 394 g/mol. The number of aromatic nitrogens is 1. The van der Waals surface area contributed by atoms with Crippen molar-refractivity contribution in [2.45, 2.75) is 19.0 Å². The van der Waals surface area contributed by atoms with Gasteiger partial charge in [-0.25, -0.2) is 22.5 Å². The van der Waals surface area contributed by atoms with E-state index in [1.165, 1.54) is 12.3 Å². The lowest BCUT2D eigenvalue weighted by atomic mass is 10.0. The number of amides is 2. The molecule has 0 unspecified atom stereocenters. The lowest BCUT2D eigenvalue weighted by molar-refractivity contribution is -0.356. The molecule has 1 aliphatic rings. The molecule has 0 spiro atoms. The normalized spacial score (nSPS) is 20.5. The number of nitrogens with zero attached hydrogens (tertiary/aromatic N) is 2. The number of aromatic amines is 1. The second-order valence-corrected chi connectivity index (χ2v) is 7.19. The highest BCUT2D eigenvalue weighted by Gasteiger charge is 2.49. The van der Waals surface area contributed by atoms with E-state index < -0.39 is 52.5 Å². The van der Waals surface area contributed by atoms with Crippen LogP contribution in [0.5, 0.6) is 0 Å². The maximum absolute atomic E-state index is 12.4. The van der Waals surface area contributed by atoms with E-state index in [1.807, 2.05) is 0 Å². The van der Waals surface area contributed by atoms with Crippen LogP contribution in [0.1, 0.15) is 14.0 Å². The van der Waals surface area contributed by atoms with Crippen LogP contribution in [0.15, 0.2) is 10.5 Å². The van der Waals surface area contributed by atoms with Crippen LogP contribution >= 0.6 is 11.3 Å². The summed E-state index contributed by atoms with van der Waals surface area (Å²) in [5.74, 6) is -3.39. The van der Waals surface area contributed by atoms with Crippen LogP contribution in [0.4, 0.5) is 5.13 Å². The number of nitrogen functional groups attached to an aromatic ring is 1. The van der Waals surface area contributed by atoms with Gasteiger partial charge >= 0.3 is 11.1 Å². The summed E-state index contributed by atoms with van der Waals surface area (Å²) in [6.07, 6.45) is 0. The maximum Gasteiger partial charge on any atom is 0.344 e. The molecule has 2 heterocycles. The van der Waals surface area contributed by atoms with E-state index in [0.29, 0.717) is 0 Å². The third-order valence-corrected chi connectivity index (χ3v) is 4.94. The quantitative estimate of drug-likeness (QED) is 0.186. The van der Waals surface area contributed by atoms with Gasteiger partial charge in [-0.05, 0) is 6.92 Å². The zero-order valence-corrected chi connectivity index (χ0v) is 14.7. The highest BCUT2D eigenvalue weighted by Crippen LogP contribution is 2.23. The fraction of sp³-hybridized carbons (Fsp3) is 0.364. The number of rotatable bonds is 7. The molecule has 1 saturated heterocycles. The van der Waals surface area contributed by atoms with E-state index in [2.05, 4.69) is 20.3 Å². The molecule has 5 N–H and O–H groups in total. The van der Waals surface area contributed by atoms with Gasteiger partial charge in [-0.2, -0.15) is 0 Å². The second kappa shape index (κ2) is 7.22. The number of aliphatic carboxylic acids is 1. The molecule has 0 bridgehead atoms. The third-order valence-electron chi connectivity index (χ3n) is 3.24. The average molecular weight is 409 g/mol. The van der Waals surface area contributed by atoms with Crippen molar-refractivity contribution in [1.82, 2.24) is 9.62 Å². The number of β-lactam (4-membered cyclic amide) rings is 1. The fourth-order valence-corrected chi connectivity index (χ4v) is 3.54. The Balaban J connectivity index is 0.00000364. The number of carboxylic acid groups (broad SMARTS) is 1. The number of hydrogen-bond donors (Lipinski definition) is 3. The van der Waals surface area contributed by atoms with Crippen molar-refractivity contribution in [2.24, 2.45) is 5.16 Å². The van der Waals surface area contributed by atoms with E-state index >= 15 is 0 Å². The first-order valence-corrected chi connectivity index (χ1v) is 9.05. The van der Waals surface area contributed by atoms with Crippen LogP contribution < -0.4 is 16.0 Å². The monoisotopic (exact) mass is 409 g/mol. The van der Waals surface area contributed by atoms with E-state index in [4.69, 9.17) is 10.8 Å². The minimum Gasteiger partial charge on any atom is -0.731 e. The van der Waals surface area contributed by atoms with Crippen molar-refractivity contribution >= 4 is 50.3 Å². The predicted octanol–water partition coefficient (Wildman–Crippen LogP) is -2.63. The van der Waals surface area contributed by atoms with Crippen LogP contribution in [-0.4, -0.2) is 64.6 Å². The van der Waals surface area contributed by atoms with Gasteiger partial charge in [-0.15, -0.1) is 0 Å². The molecule has 13 nitrogen and oxygen atoms in total. The van der Waals surface area contributed by atoms with Gasteiger partial charge < -0.3 is 19.8 Å². The van der Waals surface area contributed by atoms with Crippen LogP contribution in [0.25, 0.3) is 0 Å². The molecule has 0 radical (unpaired) electrons. The Morgan fingerprint density at radius 1 is 1.62 bits per heavy atom. The van der Waals surface area contributed by atoms with Gasteiger partial charge in [-0.1, -0.05) is 16.5 Å². The number of thiazole rings is 1. The molecule has 2 rings (SSSR count). The molecular formula is C11H15N5O8S2. The first-order valence-electron chi connectivity index (χ1n) is 6.80. The van der Waals surface area contributed by atoms with Gasteiger partial charge in [0.2, 0.25) is 12.3 Å². The molecule has 26 heavy (non-hydrogen) atoms. The lowest BCUT2D eigenvalue weighted by Crippen LogP contribution is -2.71. The summed E-state index contributed by atoms with van der Waals surface area (Å²) in [4.78, 5) is 41.7. The molecule has 144 valence electrons. The molecule has 0 aliphatic carbocycles. The highest BCUT2D eigenvalue weighted by atomic mass is 32.2. The Labute approximate surface area is 151 Å². The maximum atomic E-state index is 12.4. The number of carboxylic acids is 1. The molecule has 1 fully saturated rings. The Hall–Kier alpha value is -2.78. The van der Waals surface area contributed by atoms with E-state index in [9.17, 15) is 27.4 Å². The summed E-state index contributed by atoms with van der Waals surface area (Å²) in [7, 11) is -4.98. The van der Waals surface area contributed by atoms with Gasteiger partial charge in [0, 0.05) is 6.81 Å². The van der Waals surface area contributed by atoms with Crippen molar-refractivity contribution in [3.63, 3.8) is 0 Å². The van der Waals surface area contributed by atoms with Gasteiger partial charge in [0.15, 0.2) is 16.0 Å². The third kappa shape index (κ3) is 4.06. The number of nitrogens with one attached hydrogen (secondary N) is 2. The number of H-pyrrole nitrogens is 1. The van der Waals surface area contributed by atoms with Crippen molar-refractivity contribution in [2.75, 3.05) is 12.3 Å². The Morgan fingerprint density at radius 2 is 2.27 bits per heavy atom. The second-order valence-electron chi connectivity index (χ2n) is 5.03. The van der Waals surface area contributed by atoms with E-state index in [-0.39, 0.29) is 16.6 Å². The standard InChI is InChI=1S/C11H13N5O8S2.H2/c1-4-7(10(20)16(4)26(21,22)23)14-9(19)8(15-24-2-6(17)18)5-3-25-11(12)13-5;/h3-4,7H,2H2,1H3,(H2,12,13)(H,14,19)(H,17,18)(H,21,22,23);1H/b15-8-;/t4-,7-;/m0./s1. The van der Waals surface area contributed by atoms with Gasteiger partial charge in [0.1, 0.15) is 6.04 Å². The molecule has 0 aromatic carbocycles. The smallest absolute Gasteiger partial charge is 0.344 e. The molecule has 2 atom stereocenters. The van der Waals surface area contributed by atoms with Crippen LogP contribution in [0, 0.1) is 0 Å². The van der Waals surface area contributed by atoms with Crippen LogP contribution in [0.2, 0.25) is 0 Å².